The van der Waals surface area contributed by atoms with Crippen molar-refractivity contribution in [2.75, 3.05) is 0 Å². The Morgan fingerprint density at radius 2 is 0.962 bits per heavy atom. The molecule has 0 nitrogen and oxygen atoms in total. The highest BCUT2D eigenvalue weighted by molar-refractivity contribution is 5.17. The van der Waals surface area contributed by atoms with E-state index in [2.05, 4.69) is 65.8 Å². The van der Waals surface area contributed by atoms with Gasteiger partial charge in [0.1, 0.15) is 0 Å². The summed E-state index contributed by atoms with van der Waals surface area (Å²) in [5.74, 6) is 0.659. The molecular formula is C26H48. The van der Waals surface area contributed by atoms with Gasteiger partial charge in [0.15, 0.2) is 0 Å². The first-order valence-electron chi connectivity index (χ1n) is 11.6. The normalized spacial score (nSPS) is 11.3. The number of hydrogen-bond acceptors (Lipinski definition) is 0. The molecule has 152 valence electrons. The number of hydrogen-bond donors (Lipinski definition) is 0. The van der Waals surface area contributed by atoms with Crippen molar-refractivity contribution in [3.63, 3.8) is 0 Å². The molecule has 0 saturated heterocycles. The van der Waals surface area contributed by atoms with Crippen molar-refractivity contribution in [3.8, 4) is 0 Å². The lowest BCUT2D eigenvalue weighted by Gasteiger charge is -2.34. The van der Waals surface area contributed by atoms with E-state index in [0.29, 0.717) is 11.3 Å². The Balaban J connectivity index is 0.000000577. The number of unbranched alkanes of at least 4 members (excludes halogenated alkanes) is 4. The summed E-state index contributed by atoms with van der Waals surface area (Å²) in [7, 11) is 0. The molecular weight excluding hydrogens is 312 g/mol. The van der Waals surface area contributed by atoms with E-state index in [-0.39, 0.29) is 0 Å². The fourth-order valence-electron chi connectivity index (χ4n) is 3.80. The van der Waals surface area contributed by atoms with Crippen molar-refractivity contribution >= 4 is 0 Å². The monoisotopic (exact) mass is 360 g/mol. The Bertz CT molecular complexity index is 352. The molecule has 0 aromatic heterocycles. The summed E-state index contributed by atoms with van der Waals surface area (Å²) in [4.78, 5) is 0. The van der Waals surface area contributed by atoms with Gasteiger partial charge < -0.3 is 0 Å². The van der Waals surface area contributed by atoms with Crippen LogP contribution in [0.3, 0.4) is 0 Å². The van der Waals surface area contributed by atoms with Crippen LogP contribution in [0.15, 0.2) is 30.3 Å². The first kappa shape index (κ1) is 25.2. The largest absolute Gasteiger partial charge is 0.0654 e. The van der Waals surface area contributed by atoms with Gasteiger partial charge in [0, 0.05) is 0 Å². The SMILES string of the molecule is CC(C)c1ccccc1.CCCCC(CCCC)(CCCC)CCCC. The van der Waals surface area contributed by atoms with Gasteiger partial charge in [-0.3, -0.25) is 0 Å². The van der Waals surface area contributed by atoms with Crippen molar-refractivity contribution in [2.24, 2.45) is 5.41 Å². The van der Waals surface area contributed by atoms with Crippen LogP contribution in [0.5, 0.6) is 0 Å². The lowest BCUT2D eigenvalue weighted by Crippen LogP contribution is -2.21. The van der Waals surface area contributed by atoms with Crippen molar-refractivity contribution in [3.05, 3.63) is 35.9 Å². The van der Waals surface area contributed by atoms with Crippen LogP contribution < -0.4 is 0 Å². The molecule has 0 aliphatic heterocycles. The van der Waals surface area contributed by atoms with Gasteiger partial charge in [0.05, 0.1) is 0 Å². The zero-order valence-electron chi connectivity index (χ0n) is 18.9. The molecule has 0 heteroatoms. The average Bonchev–Trinajstić information content (AvgIpc) is 2.68. The first-order valence-corrected chi connectivity index (χ1v) is 11.6. The lowest BCUT2D eigenvalue weighted by molar-refractivity contribution is 0.177. The zero-order valence-corrected chi connectivity index (χ0v) is 18.9. The van der Waals surface area contributed by atoms with E-state index in [4.69, 9.17) is 0 Å². The molecule has 0 atom stereocenters. The van der Waals surface area contributed by atoms with Gasteiger partial charge in [-0.1, -0.05) is 123 Å². The van der Waals surface area contributed by atoms with Crippen LogP contribution in [0.25, 0.3) is 0 Å². The van der Waals surface area contributed by atoms with Gasteiger partial charge in [-0.15, -0.1) is 0 Å². The van der Waals surface area contributed by atoms with Crippen LogP contribution in [0.4, 0.5) is 0 Å². The second-order valence-corrected chi connectivity index (χ2v) is 8.48. The Kier molecular flexibility index (Phi) is 15.9. The van der Waals surface area contributed by atoms with Crippen LogP contribution in [0.1, 0.15) is 130 Å². The van der Waals surface area contributed by atoms with E-state index < -0.39 is 0 Å². The third-order valence-electron chi connectivity index (χ3n) is 5.71. The van der Waals surface area contributed by atoms with Crippen LogP contribution in [-0.4, -0.2) is 0 Å². The van der Waals surface area contributed by atoms with Gasteiger partial charge in [-0.25, -0.2) is 0 Å². The molecule has 0 N–H and O–H groups in total. The Morgan fingerprint density at radius 1 is 0.615 bits per heavy atom. The van der Waals surface area contributed by atoms with Gasteiger partial charge in [0.25, 0.3) is 0 Å². The van der Waals surface area contributed by atoms with Crippen LogP contribution in [0, 0.1) is 5.41 Å². The summed E-state index contributed by atoms with van der Waals surface area (Å²) in [6, 6.07) is 10.5. The molecule has 0 spiro atoms. The molecule has 0 amide bonds. The molecule has 0 aliphatic rings. The molecule has 0 unspecified atom stereocenters. The van der Waals surface area contributed by atoms with Gasteiger partial charge in [0.2, 0.25) is 0 Å². The quantitative estimate of drug-likeness (QED) is 0.328. The predicted octanol–water partition coefficient (Wildman–Crippen LogP) is 9.54. The van der Waals surface area contributed by atoms with E-state index in [9.17, 15) is 0 Å². The first-order chi connectivity index (χ1) is 12.5. The zero-order chi connectivity index (χ0) is 19.7. The highest BCUT2D eigenvalue weighted by Crippen LogP contribution is 2.41. The predicted molar refractivity (Wildman–Crippen MR) is 121 cm³/mol. The van der Waals surface area contributed by atoms with Gasteiger partial charge in [-0.2, -0.15) is 0 Å². The summed E-state index contributed by atoms with van der Waals surface area (Å²) in [6.45, 7) is 13.8. The smallest absolute Gasteiger partial charge is 0.0219 e. The summed E-state index contributed by atoms with van der Waals surface area (Å²) >= 11 is 0. The van der Waals surface area contributed by atoms with E-state index in [1.165, 1.54) is 82.6 Å². The Hall–Kier alpha value is -0.780. The van der Waals surface area contributed by atoms with Crippen molar-refractivity contribution in [1.82, 2.24) is 0 Å². The molecule has 0 aliphatic carbocycles. The van der Waals surface area contributed by atoms with E-state index in [0.717, 1.165) is 0 Å². The van der Waals surface area contributed by atoms with Crippen molar-refractivity contribution < 1.29 is 0 Å². The maximum absolute atomic E-state index is 2.34. The maximum atomic E-state index is 2.34. The van der Waals surface area contributed by atoms with E-state index >= 15 is 0 Å². The second kappa shape index (κ2) is 16.4. The summed E-state index contributed by atoms with van der Waals surface area (Å²) < 4.78 is 0. The molecule has 1 aromatic carbocycles. The van der Waals surface area contributed by atoms with Crippen molar-refractivity contribution in [2.45, 2.75) is 125 Å². The number of rotatable bonds is 13. The van der Waals surface area contributed by atoms with E-state index in [1.54, 1.807) is 0 Å². The third-order valence-corrected chi connectivity index (χ3v) is 5.71. The average molecular weight is 361 g/mol. The topological polar surface area (TPSA) is 0 Å². The molecule has 1 aromatic rings. The Labute approximate surface area is 166 Å². The maximum Gasteiger partial charge on any atom is -0.0219 e. The molecule has 0 bridgehead atoms. The second-order valence-electron chi connectivity index (χ2n) is 8.48. The standard InChI is InChI=1S/C17H36.C9H12/c1-5-9-13-17(14-10-6-2,15-11-7-3)16-12-8-4;1-8(2)9-6-4-3-5-7-9/h5-16H2,1-4H3;3-8H,1-2H3. The van der Waals surface area contributed by atoms with Gasteiger partial charge >= 0.3 is 0 Å². The van der Waals surface area contributed by atoms with Crippen molar-refractivity contribution in [1.29, 1.82) is 0 Å². The van der Waals surface area contributed by atoms with Crippen LogP contribution in [-0.2, 0) is 0 Å². The van der Waals surface area contributed by atoms with Crippen LogP contribution >= 0.6 is 0 Å². The van der Waals surface area contributed by atoms with Crippen LogP contribution in [0.2, 0.25) is 0 Å². The van der Waals surface area contributed by atoms with E-state index in [1.807, 2.05) is 6.07 Å². The minimum atomic E-state index is 0.659. The molecule has 26 heavy (non-hydrogen) atoms. The summed E-state index contributed by atoms with van der Waals surface area (Å²) in [6.07, 6.45) is 17.2. The fraction of sp³-hybridized carbons (Fsp3) is 0.769. The molecule has 1 rings (SSSR count). The fourth-order valence-corrected chi connectivity index (χ4v) is 3.80. The molecule has 0 saturated carbocycles. The minimum absolute atomic E-state index is 0.659. The minimum Gasteiger partial charge on any atom is -0.0654 e. The lowest BCUT2D eigenvalue weighted by atomic mass is 9.71. The number of benzene rings is 1. The van der Waals surface area contributed by atoms with Gasteiger partial charge in [-0.05, 0) is 42.6 Å². The molecule has 0 heterocycles. The third kappa shape index (κ3) is 11.8. The summed E-state index contributed by atoms with van der Waals surface area (Å²) in [5.41, 5.74) is 2.12. The molecule has 0 fully saturated rings. The highest BCUT2D eigenvalue weighted by atomic mass is 14.3. The summed E-state index contributed by atoms with van der Waals surface area (Å²) in [5, 5.41) is 0. The molecule has 0 radical (unpaired) electrons. The Morgan fingerprint density at radius 3 is 1.19 bits per heavy atom. The highest BCUT2D eigenvalue weighted by Gasteiger charge is 2.27.